The van der Waals surface area contributed by atoms with Crippen molar-refractivity contribution < 1.29 is 19.3 Å². The van der Waals surface area contributed by atoms with Gasteiger partial charge in [-0.05, 0) is 6.92 Å². The van der Waals surface area contributed by atoms with Crippen LogP contribution in [0.2, 0.25) is 0 Å². The summed E-state index contributed by atoms with van der Waals surface area (Å²) in [6.45, 7) is 1.70. The second kappa shape index (κ2) is 4.81. The quantitative estimate of drug-likeness (QED) is 0.718. The molecular formula is C12H16N2O6. The smallest absolute Gasteiger partial charge is 0.330 e. The van der Waals surface area contributed by atoms with Crippen LogP contribution < -0.4 is 11.2 Å². The zero-order valence-electron chi connectivity index (χ0n) is 10.9. The summed E-state index contributed by atoms with van der Waals surface area (Å²) in [6.07, 6.45) is 0.429. The summed E-state index contributed by atoms with van der Waals surface area (Å²) in [5.74, 6) is 0. The Morgan fingerprint density at radius 3 is 3.05 bits per heavy atom. The molecule has 2 aliphatic heterocycles. The van der Waals surface area contributed by atoms with Gasteiger partial charge >= 0.3 is 5.69 Å². The van der Waals surface area contributed by atoms with Crippen LogP contribution in [-0.2, 0) is 14.2 Å². The molecule has 8 heteroatoms. The number of aliphatic hydroxyl groups is 1. The van der Waals surface area contributed by atoms with Crippen LogP contribution in [0.25, 0.3) is 0 Å². The lowest BCUT2D eigenvalue weighted by molar-refractivity contribution is -0.280. The van der Waals surface area contributed by atoms with E-state index in [1.54, 1.807) is 6.92 Å². The van der Waals surface area contributed by atoms with Gasteiger partial charge in [-0.2, -0.15) is 0 Å². The van der Waals surface area contributed by atoms with Gasteiger partial charge in [-0.1, -0.05) is 0 Å². The van der Waals surface area contributed by atoms with Crippen molar-refractivity contribution in [2.75, 3.05) is 13.2 Å². The van der Waals surface area contributed by atoms with Gasteiger partial charge in [-0.15, -0.1) is 0 Å². The third kappa shape index (κ3) is 2.10. The lowest BCUT2D eigenvalue weighted by atomic mass is 9.97. The summed E-state index contributed by atoms with van der Waals surface area (Å²) in [5.41, 5.74) is -1.98. The minimum absolute atomic E-state index is 0.198. The summed E-state index contributed by atoms with van der Waals surface area (Å²) in [5, 5.41) is 9.59. The van der Waals surface area contributed by atoms with Gasteiger partial charge in [-0.3, -0.25) is 14.3 Å². The number of rotatable bonds is 2. The molecule has 0 aliphatic carbocycles. The molecule has 0 unspecified atom stereocenters. The first-order valence-electron chi connectivity index (χ1n) is 6.41. The van der Waals surface area contributed by atoms with Gasteiger partial charge in [0.25, 0.3) is 5.56 Å². The van der Waals surface area contributed by atoms with Crippen molar-refractivity contribution in [3.8, 4) is 0 Å². The number of aromatic nitrogens is 2. The van der Waals surface area contributed by atoms with Gasteiger partial charge in [0.1, 0.15) is 11.8 Å². The van der Waals surface area contributed by atoms with E-state index in [1.807, 2.05) is 0 Å². The summed E-state index contributed by atoms with van der Waals surface area (Å²) in [6, 6.07) is 1.25. The standard InChI is InChI=1S/C12H16N2O6/c1-7-18-6-12(5-15)8(19-7)4-10(20-12)14-3-2-9(16)13-11(14)17/h2-3,7-8,10,15H,4-6H2,1H3,(H,13,16,17)/t7-,8+,10-,12+/m1/s1. The molecule has 2 aliphatic rings. The molecule has 3 heterocycles. The number of fused-ring (bicyclic) bond motifs is 1. The SMILES string of the molecule is C[C@@H]1OC[C@]2(CO)O[C@@H](n3ccc(=O)[nH]c3=O)C[C@@H]2O1. The van der Waals surface area contributed by atoms with Crippen molar-refractivity contribution in [1.82, 2.24) is 9.55 Å². The van der Waals surface area contributed by atoms with Gasteiger partial charge in [0.2, 0.25) is 0 Å². The molecule has 2 N–H and O–H groups in total. The maximum atomic E-state index is 11.8. The van der Waals surface area contributed by atoms with Crippen molar-refractivity contribution in [2.24, 2.45) is 0 Å². The summed E-state index contributed by atoms with van der Waals surface area (Å²) < 4.78 is 18.1. The molecule has 0 aromatic carbocycles. The average Bonchev–Trinajstić information content (AvgIpc) is 2.77. The number of ether oxygens (including phenoxy) is 3. The highest BCUT2D eigenvalue weighted by Gasteiger charge is 2.53. The molecule has 2 saturated heterocycles. The van der Waals surface area contributed by atoms with Gasteiger partial charge in [-0.25, -0.2) is 4.79 Å². The van der Waals surface area contributed by atoms with Crippen molar-refractivity contribution in [3.63, 3.8) is 0 Å². The number of nitrogens with one attached hydrogen (secondary N) is 1. The Balaban J connectivity index is 1.91. The number of H-pyrrole nitrogens is 1. The molecular weight excluding hydrogens is 268 g/mol. The Hall–Kier alpha value is -1.48. The van der Waals surface area contributed by atoms with Crippen LogP contribution in [0.3, 0.4) is 0 Å². The van der Waals surface area contributed by atoms with Gasteiger partial charge in [0.15, 0.2) is 6.29 Å². The normalized spacial score (nSPS) is 36.8. The van der Waals surface area contributed by atoms with Crippen LogP contribution in [0.4, 0.5) is 0 Å². The first-order chi connectivity index (χ1) is 9.54. The Bertz CT molecular complexity index is 610. The van der Waals surface area contributed by atoms with Gasteiger partial charge < -0.3 is 19.3 Å². The molecule has 0 bridgehead atoms. The molecule has 8 nitrogen and oxygen atoms in total. The number of aliphatic hydroxyl groups excluding tert-OH is 1. The molecule has 1 aromatic heterocycles. The second-order valence-electron chi connectivity index (χ2n) is 5.05. The highest BCUT2D eigenvalue weighted by Crippen LogP contribution is 2.41. The van der Waals surface area contributed by atoms with E-state index >= 15 is 0 Å². The third-order valence-electron chi connectivity index (χ3n) is 3.72. The molecule has 2 fully saturated rings. The molecule has 0 amide bonds. The molecule has 0 radical (unpaired) electrons. The monoisotopic (exact) mass is 284 g/mol. The summed E-state index contributed by atoms with van der Waals surface area (Å²) in [4.78, 5) is 25.0. The summed E-state index contributed by atoms with van der Waals surface area (Å²) in [7, 11) is 0. The number of hydrogen-bond acceptors (Lipinski definition) is 6. The average molecular weight is 284 g/mol. The topological polar surface area (TPSA) is 103 Å². The van der Waals surface area contributed by atoms with Gasteiger partial charge in [0.05, 0.1) is 19.3 Å². The first kappa shape index (κ1) is 13.5. The molecule has 20 heavy (non-hydrogen) atoms. The third-order valence-corrected chi connectivity index (χ3v) is 3.72. The largest absolute Gasteiger partial charge is 0.393 e. The summed E-state index contributed by atoms with van der Waals surface area (Å²) >= 11 is 0. The van der Waals surface area contributed by atoms with E-state index in [4.69, 9.17) is 14.2 Å². The van der Waals surface area contributed by atoms with E-state index in [9.17, 15) is 14.7 Å². The molecule has 0 saturated carbocycles. The number of aromatic amines is 1. The van der Waals surface area contributed by atoms with E-state index in [-0.39, 0.29) is 25.6 Å². The Kier molecular flexibility index (Phi) is 3.25. The van der Waals surface area contributed by atoms with Gasteiger partial charge in [0, 0.05) is 18.7 Å². The van der Waals surface area contributed by atoms with E-state index in [2.05, 4.69) is 4.98 Å². The van der Waals surface area contributed by atoms with Crippen LogP contribution in [0.1, 0.15) is 19.6 Å². The maximum absolute atomic E-state index is 11.8. The fraction of sp³-hybridized carbons (Fsp3) is 0.667. The van der Waals surface area contributed by atoms with Crippen LogP contribution in [-0.4, -0.2) is 45.9 Å². The van der Waals surface area contributed by atoms with Crippen LogP contribution in [0.5, 0.6) is 0 Å². The predicted octanol–water partition coefficient (Wildman–Crippen LogP) is -1.05. The predicted molar refractivity (Wildman–Crippen MR) is 66.2 cm³/mol. The minimum Gasteiger partial charge on any atom is -0.393 e. The Morgan fingerprint density at radius 2 is 2.35 bits per heavy atom. The zero-order valence-corrected chi connectivity index (χ0v) is 10.9. The fourth-order valence-corrected chi connectivity index (χ4v) is 2.64. The fourth-order valence-electron chi connectivity index (χ4n) is 2.64. The lowest BCUT2D eigenvalue weighted by Crippen LogP contribution is -2.54. The van der Waals surface area contributed by atoms with Crippen LogP contribution in [0.15, 0.2) is 21.9 Å². The molecule has 110 valence electrons. The molecule has 1 aromatic rings. The maximum Gasteiger partial charge on any atom is 0.330 e. The Morgan fingerprint density at radius 1 is 1.55 bits per heavy atom. The highest BCUT2D eigenvalue weighted by molar-refractivity contribution is 4.99. The lowest BCUT2D eigenvalue weighted by Gasteiger charge is -2.38. The minimum atomic E-state index is -0.966. The van der Waals surface area contributed by atoms with Crippen molar-refractivity contribution in [1.29, 1.82) is 0 Å². The van der Waals surface area contributed by atoms with Crippen LogP contribution >= 0.6 is 0 Å². The first-order valence-corrected chi connectivity index (χ1v) is 6.41. The molecule has 3 rings (SSSR count). The van der Waals surface area contributed by atoms with Crippen LogP contribution in [0, 0.1) is 0 Å². The van der Waals surface area contributed by atoms with E-state index in [0.29, 0.717) is 6.42 Å². The number of nitrogens with zero attached hydrogens (tertiary/aromatic N) is 1. The molecule has 0 spiro atoms. The highest BCUT2D eigenvalue weighted by atomic mass is 16.7. The Labute approximate surface area is 113 Å². The number of hydrogen-bond donors (Lipinski definition) is 2. The van der Waals surface area contributed by atoms with E-state index in [0.717, 1.165) is 0 Å². The second-order valence-corrected chi connectivity index (χ2v) is 5.05. The van der Waals surface area contributed by atoms with Crippen molar-refractivity contribution >= 4 is 0 Å². The van der Waals surface area contributed by atoms with E-state index < -0.39 is 23.1 Å². The van der Waals surface area contributed by atoms with Crippen molar-refractivity contribution in [3.05, 3.63) is 33.1 Å². The van der Waals surface area contributed by atoms with Crippen molar-refractivity contribution in [2.45, 2.75) is 37.6 Å². The van der Waals surface area contributed by atoms with E-state index in [1.165, 1.54) is 16.8 Å². The molecule has 4 atom stereocenters. The zero-order chi connectivity index (χ0) is 14.3.